The molecule has 0 amide bonds. The van der Waals surface area contributed by atoms with Gasteiger partial charge in [-0.25, -0.2) is 4.39 Å². The maximum atomic E-state index is 13.1. The smallest absolute Gasteiger partial charge is 0.159 e. The Balaban J connectivity index is 2.75. The van der Waals surface area contributed by atoms with Gasteiger partial charge in [0.25, 0.3) is 0 Å². The van der Waals surface area contributed by atoms with Crippen LogP contribution in [0.15, 0.2) is 24.3 Å². The molecule has 1 aromatic rings. The van der Waals surface area contributed by atoms with Crippen molar-refractivity contribution in [2.45, 2.75) is 25.2 Å². The Morgan fingerprint density at radius 2 is 2.06 bits per heavy atom. The fourth-order valence-electron chi connectivity index (χ4n) is 1.73. The van der Waals surface area contributed by atoms with Crippen LogP contribution in [0.25, 0.3) is 0 Å². The van der Waals surface area contributed by atoms with Gasteiger partial charge in [-0.05, 0) is 25.1 Å². The van der Waals surface area contributed by atoms with Crippen LogP contribution in [0.5, 0.6) is 0 Å². The molecule has 4 nitrogen and oxygen atoms in total. The minimum atomic E-state index is -0.426. The molecule has 0 saturated heterocycles. The third-order valence-electron chi connectivity index (χ3n) is 2.86. The van der Waals surface area contributed by atoms with Gasteiger partial charge in [0.05, 0.1) is 5.54 Å². The van der Waals surface area contributed by atoms with E-state index in [4.69, 9.17) is 15.2 Å². The molecule has 0 aliphatic carbocycles. The van der Waals surface area contributed by atoms with E-state index in [9.17, 15) is 4.39 Å². The lowest BCUT2D eigenvalue weighted by Crippen LogP contribution is -2.45. The van der Waals surface area contributed by atoms with Gasteiger partial charge in [-0.2, -0.15) is 0 Å². The number of nitrogens with two attached hydrogens (primary N) is 1. The summed E-state index contributed by atoms with van der Waals surface area (Å²) in [6.45, 7) is 2.33. The number of hydrogen-bond donors (Lipinski definition) is 2. The maximum Gasteiger partial charge on any atom is 0.159 e. The van der Waals surface area contributed by atoms with E-state index < -0.39 is 5.54 Å². The summed E-state index contributed by atoms with van der Waals surface area (Å²) in [5.74, 6) is -0.283. The Morgan fingerprint density at radius 3 is 2.56 bits per heavy atom. The van der Waals surface area contributed by atoms with Crippen molar-refractivity contribution in [1.29, 1.82) is 0 Å². The molecule has 0 radical (unpaired) electrons. The second-order valence-electron chi connectivity index (χ2n) is 4.51. The van der Waals surface area contributed by atoms with Crippen LogP contribution in [-0.2, 0) is 9.47 Å². The summed E-state index contributed by atoms with van der Waals surface area (Å²) in [5.41, 5.74) is 6.05. The molecule has 18 heavy (non-hydrogen) atoms. The molecule has 5 heteroatoms. The zero-order chi connectivity index (χ0) is 13.6. The molecule has 0 fully saturated rings. The highest BCUT2D eigenvalue weighted by Gasteiger charge is 2.27. The number of ether oxygens (including phenoxy) is 2. The highest BCUT2D eigenvalue weighted by Crippen LogP contribution is 2.21. The van der Waals surface area contributed by atoms with Crippen molar-refractivity contribution in [3.63, 3.8) is 0 Å². The van der Waals surface area contributed by atoms with Crippen LogP contribution in [0.3, 0.4) is 0 Å². The van der Waals surface area contributed by atoms with Gasteiger partial charge < -0.3 is 20.5 Å². The Kier molecular flexibility index (Phi) is 5.53. The third-order valence-corrected chi connectivity index (χ3v) is 2.86. The average molecular weight is 256 g/mol. The lowest BCUT2D eigenvalue weighted by atomic mass is 9.97. The Hall–Kier alpha value is -1.17. The van der Waals surface area contributed by atoms with Crippen LogP contribution in [0.2, 0.25) is 0 Å². The number of nitrogens with one attached hydrogen (secondary N) is 1. The van der Waals surface area contributed by atoms with Crippen molar-refractivity contribution in [2.24, 2.45) is 5.73 Å². The predicted octanol–water partition coefficient (Wildman–Crippen LogP) is 1.96. The zero-order valence-corrected chi connectivity index (χ0v) is 11.1. The van der Waals surface area contributed by atoms with Crippen molar-refractivity contribution in [3.8, 4) is 0 Å². The average Bonchev–Trinajstić information content (AvgIpc) is 2.36. The highest BCUT2D eigenvalue weighted by atomic mass is 19.1. The van der Waals surface area contributed by atoms with Crippen molar-refractivity contribution >= 4 is 5.69 Å². The number of benzene rings is 1. The van der Waals surface area contributed by atoms with Crippen molar-refractivity contribution in [3.05, 3.63) is 30.1 Å². The largest absolute Gasteiger partial charge is 0.378 e. The summed E-state index contributed by atoms with van der Waals surface area (Å²) in [4.78, 5) is 0. The first-order chi connectivity index (χ1) is 8.53. The van der Waals surface area contributed by atoms with Gasteiger partial charge in [-0.15, -0.1) is 0 Å². The van der Waals surface area contributed by atoms with Crippen LogP contribution in [0, 0.1) is 5.82 Å². The summed E-state index contributed by atoms with van der Waals surface area (Å²) in [6, 6.07) is 6.28. The Labute approximate surface area is 107 Å². The Bertz CT molecular complexity index is 372. The molecule has 0 bridgehead atoms. The summed E-state index contributed by atoms with van der Waals surface area (Å²) >= 11 is 0. The zero-order valence-electron chi connectivity index (χ0n) is 11.1. The van der Waals surface area contributed by atoms with Gasteiger partial charge in [-0.3, -0.25) is 0 Å². The first-order valence-corrected chi connectivity index (χ1v) is 5.82. The normalized spacial score (nSPS) is 14.6. The van der Waals surface area contributed by atoms with Crippen LogP contribution in [0.4, 0.5) is 10.1 Å². The molecular weight excluding hydrogens is 235 g/mol. The number of hydrogen-bond acceptors (Lipinski definition) is 4. The molecule has 3 N–H and O–H groups in total. The fraction of sp³-hybridized carbons (Fsp3) is 0.538. The lowest BCUT2D eigenvalue weighted by molar-refractivity contribution is -0.113. The molecule has 1 rings (SSSR count). The van der Waals surface area contributed by atoms with E-state index in [1.54, 1.807) is 26.4 Å². The minimum absolute atomic E-state index is 0.283. The second-order valence-corrected chi connectivity index (χ2v) is 4.51. The van der Waals surface area contributed by atoms with E-state index in [0.717, 1.165) is 0 Å². The van der Waals surface area contributed by atoms with E-state index in [-0.39, 0.29) is 12.1 Å². The van der Waals surface area contributed by atoms with Crippen LogP contribution >= 0.6 is 0 Å². The molecule has 102 valence electrons. The molecular formula is C13H21FN2O2. The van der Waals surface area contributed by atoms with Crippen LogP contribution < -0.4 is 11.1 Å². The van der Waals surface area contributed by atoms with Crippen LogP contribution in [-0.4, -0.2) is 32.6 Å². The minimum Gasteiger partial charge on any atom is -0.378 e. The number of methoxy groups -OCH3 is 2. The molecule has 0 spiro atoms. The standard InChI is InChI=1S/C13H21FN2O2/c1-13(9-15,8-12(17-2)18-3)16-11-6-4-5-10(14)7-11/h4-7,12,16H,8-9,15H2,1-3H3. The van der Waals surface area contributed by atoms with Gasteiger partial charge in [-0.1, -0.05) is 6.07 Å². The van der Waals surface area contributed by atoms with E-state index >= 15 is 0 Å². The van der Waals surface area contributed by atoms with Gasteiger partial charge in [0.2, 0.25) is 0 Å². The van der Waals surface area contributed by atoms with Gasteiger partial charge in [0, 0.05) is 32.9 Å². The first kappa shape index (κ1) is 14.9. The SMILES string of the molecule is COC(CC(C)(CN)Nc1cccc(F)c1)OC. The molecule has 0 aromatic heterocycles. The molecule has 0 saturated carbocycles. The lowest BCUT2D eigenvalue weighted by Gasteiger charge is -2.33. The first-order valence-electron chi connectivity index (χ1n) is 5.82. The highest BCUT2D eigenvalue weighted by molar-refractivity contribution is 5.45. The molecule has 0 aliphatic heterocycles. The summed E-state index contributed by atoms with van der Waals surface area (Å²) in [6.07, 6.45) is 0.215. The van der Waals surface area contributed by atoms with E-state index in [2.05, 4.69) is 5.32 Å². The maximum absolute atomic E-state index is 13.1. The molecule has 1 unspecified atom stereocenters. The predicted molar refractivity (Wildman–Crippen MR) is 69.9 cm³/mol. The van der Waals surface area contributed by atoms with Crippen LogP contribution in [0.1, 0.15) is 13.3 Å². The monoisotopic (exact) mass is 256 g/mol. The van der Waals surface area contributed by atoms with Gasteiger partial charge in [0.1, 0.15) is 5.82 Å². The Morgan fingerprint density at radius 1 is 1.39 bits per heavy atom. The third kappa shape index (κ3) is 4.25. The summed E-state index contributed by atoms with van der Waals surface area (Å²) < 4.78 is 23.5. The van der Waals surface area contributed by atoms with E-state index in [0.29, 0.717) is 18.7 Å². The molecule has 0 aliphatic rings. The van der Waals surface area contributed by atoms with Crippen molar-refractivity contribution in [2.75, 3.05) is 26.1 Å². The quantitative estimate of drug-likeness (QED) is 0.732. The van der Waals surface area contributed by atoms with E-state index in [1.807, 2.05) is 6.92 Å². The van der Waals surface area contributed by atoms with Crippen molar-refractivity contribution < 1.29 is 13.9 Å². The van der Waals surface area contributed by atoms with Crippen molar-refractivity contribution in [1.82, 2.24) is 0 Å². The second kappa shape index (κ2) is 6.68. The number of halogens is 1. The number of anilines is 1. The molecule has 1 atom stereocenters. The summed E-state index contributed by atoms with van der Waals surface area (Å²) in [5, 5.41) is 3.22. The molecule has 0 heterocycles. The topological polar surface area (TPSA) is 56.5 Å². The van der Waals surface area contributed by atoms with Gasteiger partial charge >= 0.3 is 0 Å². The van der Waals surface area contributed by atoms with Gasteiger partial charge in [0.15, 0.2) is 6.29 Å². The number of rotatable bonds is 7. The fourth-order valence-corrected chi connectivity index (χ4v) is 1.73. The molecule has 1 aromatic carbocycles. The summed E-state index contributed by atoms with van der Waals surface area (Å²) in [7, 11) is 3.15. The van der Waals surface area contributed by atoms with E-state index in [1.165, 1.54) is 12.1 Å².